The molecule has 2 N–H and O–H groups in total. The second-order valence-electron chi connectivity index (χ2n) is 4.88. The van der Waals surface area contributed by atoms with E-state index < -0.39 is 12.2 Å². The van der Waals surface area contributed by atoms with Gasteiger partial charge >= 0.3 is 0 Å². The van der Waals surface area contributed by atoms with Gasteiger partial charge in [0.25, 0.3) is 0 Å². The Morgan fingerprint density at radius 1 is 1.00 bits per heavy atom. The van der Waals surface area contributed by atoms with Crippen molar-refractivity contribution in [2.75, 3.05) is 5.75 Å². The third kappa shape index (κ3) is 2.30. The maximum Gasteiger partial charge on any atom is 0.135 e. The lowest BCUT2D eigenvalue weighted by Crippen LogP contribution is -2.18. The summed E-state index contributed by atoms with van der Waals surface area (Å²) >= 11 is 4.08. The predicted octanol–water partition coefficient (Wildman–Crippen LogP) is 3.30. The number of aliphatic hydroxyl groups is 2. The van der Waals surface area contributed by atoms with E-state index in [4.69, 9.17) is 4.42 Å². The molecule has 0 aliphatic rings. The molecular formula is C16H16O3S. The minimum atomic E-state index is -0.903. The smallest absolute Gasteiger partial charge is 0.135 e. The second kappa shape index (κ2) is 5.48. The largest absolute Gasteiger partial charge is 0.456 e. The van der Waals surface area contributed by atoms with Crippen LogP contribution in [0, 0.1) is 0 Å². The van der Waals surface area contributed by atoms with Crippen molar-refractivity contribution in [1.29, 1.82) is 0 Å². The first-order chi connectivity index (χ1) is 9.70. The molecule has 4 heteroatoms. The summed E-state index contributed by atoms with van der Waals surface area (Å²) in [5.41, 5.74) is 2.30. The van der Waals surface area contributed by atoms with Crippen LogP contribution in [0.4, 0.5) is 0 Å². The van der Waals surface area contributed by atoms with Crippen molar-refractivity contribution in [2.24, 2.45) is 0 Å². The maximum absolute atomic E-state index is 10.2. The van der Waals surface area contributed by atoms with Crippen molar-refractivity contribution < 1.29 is 14.6 Å². The number of fused-ring (bicyclic) bond motifs is 3. The molecule has 0 saturated carbocycles. The molecule has 0 fully saturated rings. The zero-order valence-corrected chi connectivity index (χ0v) is 11.8. The Morgan fingerprint density at radius 3 is 2.55 bits per heavy atom. The molecule has 3 rings (SSSR count). The molecular weight excluding hydrogens is 272 g/mol. The number of benzene rings is 2. The van der Waals surface area contributed by atoms with E-state index in [1.807, 2.05) is 36.4 Å². The Labute approximate surface area is 122 Å². The molecule has 0 radical (unpaired) electrons. The molecule has 2 atom stereocenters. The summed E-state index contributed by atoms with van der Waals surface area (Å²) < 4.78 is 5.74. The second-order valence-corrected chi connectivity index (χ2v) is 5.33. The molecule has 2 aromatic carbocycles. The van der Waals surface area contributed by atoms with E-state index in [-0.39, 0.29) is 0 Å². The van der Waals surface area contributed by atoms with Gasteiger partial charge in [0.2, 0.25) is 0 Å². The molecule has 1 aromatic heterocycles. The van der Waals surface area contributed by atoms with Gasteiger partial charge in [-0.1, -0.05) is 24.3 Å². The lowest BCUT2D eigenvalue weighted by atomic mass is 10.0. The predicted molar refractivity (Wildman–Crippen MR) is 83.2 cm³/mol. The molecule has 0 amide bonds. The van der Waals surface area contributed by atoms with Crippen LogP contribution in [0.5, 0.6) is 0 Å². The van der Waals surface area contributed by atoms with E-state index in [0.29, 0.717) is 17.7 Å². The molecule has 1 heterocycles. The molecule has 0 saturated heterocycles. The Hall–Kier alpha value is -1.49. The first kappa shape index (κ1) is 13.5. The minimum absolute atomic E-state index is 0.453. The van der Waals surface area contributed by atoms with Crippen molar-refractivity contribution >= 4 is 34.6 Å². The van der Waals surface area contributed by atoms with Crippen molar-refractivity contribution in [3.8, 4) is 0 Å². The van der Waals surface area contributed by atoms with Crippen LogP contribution in [0.3, 0.4) is 0 Å². The lowest BCUT2D eigenvalue weighted by molar-refractivity contribution is 0.0173. The zero-order valence-electron chi connectivity index (χ0n) is 10.9. The van der Waals surface area contributed by atoms with Gasteiger partial charge in [0.15, 0.2) is 0 Å². The molecule has 0 bridgehead atoms. The standard InChI is InChI=1S/C16H16O3S/c17-13(7-8-20)16(18)10-5-6-15-12(9-10)11-3-1-2-4-14(11)19-15/h1-6,9,13,16-18,20H,7-8H2. The van der Waals surface area contributed by atoms with E-state index in [2.05, 4.69) is 12.6 Å². The van der Waals surface area contributed by atoms with Gasteiger partial charge in [-0.2, -0.15) is 12.6 Å². The number of furan rings is 1. The van der Waals surface area contributed by atoms with Crippen molar-refractivity contribution in [1.82, 2.24) is 0 Å². The fraction of sp³-hybridized carbons (Fsp3) is 0.250. The molecule has 0 aliphatic carbocycles. The van der Waals surface area contributed by atoms with Gasteiger partial charge in [-0.25, -0.2) is 0 Å². The Balaban J connectivity index is 2.07. The highest BCUT2D eigenvalue weighted by molar-refractivity contribution is 7.80. The van der Waals surface area contributed by atoms with Crippen LogP contribution < -0.4 is 0 Å². The van der Waals surface area contributed by atoms with Crippen LogP contribution in [-0.2, 0) is 0 Å². The first-order valence-electron chi connectivity index (χ1n) is 6.59. The van der Waals surface area contributed by atoms with Gasteiger partial charge in [-0.15, -0.1) is 0 Å². The highest BCUT2D eigenvalue weighted by Gasteiger charge is 2.18. The van der Waals surface area contributed by atoms with Gasteiger partial charge in [-0.3, -0.25) is 0 Å². The summed E-state index contributed by atoms with van der Waals surface area (Å²) in [5.74, 6) is 0.537. The van der Waals surface area contributed by atoms with Crippen LogP contribution in [0.25, 0.3) is 21.9 Å². The van der Waals surface area contributed by atoms with E-state index in [0.717, 1.165) is 21.9 Å². The average Bonchev–Trinajstić information content (AvgIpc) is 2.84. The molecule has 0 aliphatic heterocycles. The van der Waals surface area contributed by atoms with Crippen LogP contribution in [0.15, 0.2) is 46.9 Å². The number of hydrogen-bond donors (Lipinski definition) is 3. The van der Waals surface area contributed by atoms with Gasteiger partial charge in [-0.05, 0) is 35.9 Å². The van der Waals surface area contributed by atoms with Crippen LogP contribution in [0.1, 0.15) is 18.1 Å². The number of para-hydroxylation sites is 1. The average molecular weight is 288 g/mol. The normalized spacial score (nSPS) is 14.8. The zero-order chi connectivity index (χ0) is 14.1. The van der Waals surface area contributed by atoms with Gasteiger partial charge in [0, 0.05) is 10.8 Å². The van der Waals surface area contributed by atoms with Crippen molar-refractivity contribution in [3.63, 3.8) is 0 Å². The Kier molecular flexibility index (Phi) is 3.70. The molecule has 3 aromatic rings. The number of rotatable bonds is 4. The van der Waals surface area contributed by atoms with E-state index in [9.17, 15) is 10.2 Å². The number of hydrogen-bond acceptors (Lipinski definition) is 4. The summed E-state index contributed by atoms with van der Waals surface area (Å²) in [5, 5.41) is 22.0. The van der Waals surface area contributed by atoms with Gasteiger partial charge in [0.05, 0.1) is 6.10 Å². The minimum Gasteiger partial charge on any atom is -0.456 e. The highest BCUT2D eigenvalue weighted by atomic mass is 32.1. The van der Waals surface area contributed by atoms with Crippen molar-refractivity contribution in [2.45, 2.75) is 18.6 Å². The quantitative estimate of drug-likeness (QED) is 0.646. The molecule has 20 heavy (non-hydrogen) atoms. The van der Waals surface area contributed by atoms with E-state index >= 15 is 0 Å². The van der Waals surface area contributed by atoms with Crippen LogP contribution in [0.2, 0.25) is 0 Å². The van der Waals surface area contributed by atoms with Crippen molar-refractivity contribution in [3.05, 3.63) is 48.0 Å². The third-order valence-corrected chi connectivity index (χ3v) is 3.79. The third-order valence-electron chi connectivity index (χ3n) is 3.53. The summed E-state index contributed by atoms with van der Waals surface area (Å²) in [6.45, 7) is 0. The Bertz CT molecular complexity index is 735. The fourth-order valence-electron chi connectivity index (χ4n) is 2.44. The first-order valence-corrected chi connectivity index (χ1v) is 7.22. The molecule has 0 spiro atoms. The monoisotopic (exact) mass is 288 g/mol. The molecule has 2 unspecified atom stereocenters. The van der Waals surface area contributed by atoms with Gasteiger partial charge < -0.3 is 14.6 Å². The number of thiol groups is 1. The highest BCUT2D eigenvalue weighted by Crippen LogP contribution is 2.31. The molecule has 104 valence electrons. The van der Waals surface area contributed by atoms with Crippen LogP contribution >= 0.6 is 12.6 Å². The van der Waals surface area contributed by atoms with E-state index in [1.54, 1.807) is 6.07 Å². The summed E-state index contributed by atoms with van der Waals surface area (Å²) in [6.07, 6.45) is -1.25. The molecule has 3 nitrogen and oxygen atoms in total. The van der Waals surface area contributed by atoms with E-state index in [1.165, 1.54) is 0 Å². The SMILES string of the molecule is OC(CCS)C(O)c1ccc2oc3ccccc3c2c1. The van der Waals surface area contributed by atoms with Crippen LogP contribution in [-0.4, -0.2) is 22.1 Å². The summed E-state index contributed by atoms with van der Waals surface area (Å²) in [7, 11) is 0. The Morgan fingerprint density at radius 2 is 1.75 bits per heavy atom. The summed E-state index contributed by atoms with van der Waals surface area (Å²) in [4.78, 5) is 0. The number of aliphatic hydroxyl groups excluding tert-OH is 2. The topological polar surface area (TPSA) is 53.6 Å². The maximum atomic E-state index is 10.2. The van der Waals surface area contributed by atoms with Gasteiger partial charge in [0.1, 0.15) is 17.3 Å². The summed E-state index contributed by atoms with van der Waals surface area (Å²) in [6, 6.07) is 13.3. The fourth-order valence-corrected chi connectivity index (χ4v) is 2.70. The lowest BCUT2D eigenvalue weighted by Gasteiger charge is -2.17.